The fraction of sp³-hybridized carbons (Fsp3) is 0.533. The van der Waals surface area contributed by atoms with Crippen LogP contribution < -0.4 is 5.32 Å². The van der Waals surface area contributed by atoms with Crippen LogP contribution in [0, 0.1) is 0 Å². The smallest absolute Gasteiger partial charge is 0.407 e. The summed E-state index contributed by atoms with van der Waals surface area (Å²) in [5.74, 6) is 0. The van der Waals surface area contributed by atoms with Gasteiger partial charge in [-0.1, -0.05) is 31.6 Å². The van der Waals surface area contributed by atoms with E-state index in [0.29, 0.717) is 6.54 Å². The van der Waals surface area contributed by atoms with Crippen molar-refractivity contribution in [2.75, 3.05) is 19.8 Å². The van der Waals surface area contributed by atoms with E-state index in [0.717, 1.165) is 31.3 Å². The van der Waals surface area contributed by atoms with Crippen molar-refractivity contribution in [1.29, 1.82) is 0 Å². The molecule has 19 heavy (non-hydrogen) atoms. The van der Waals surface area contributed by atoms with Gasteiger partial charge in [0.05, 0.1) is 0 Å². The maximum Gasteiger partial charge on any atom is 0.407 e. The van der Waals surface area contributed by atoms with Crippen LogP contribution in [-0.4, -0.2) is 31.0 Å². The van der Waals surface area contributed by atoms with E-state index < -0.39 is 6.09 Å². The predicted molar refractivity (Wildman–Crippen MR) is 80.1 cm³/mol. The van der Waals surface area contributed by atoms with Crippen LogP contribution in [0.15, 0.2) is 37.5 Å². The molecule has 0 aliphatic carbocycles. The van der Waals surface area contributed by atoms with Gasteiger partial charge in [-0.3, -0.25) is 0 Å². The number of alkyl carbamates (subject to hydrolysis) is 1. The van der Waals surface area contributed by atoms with Crippen molar-refractivity contribution in [2.24, 2.45) is 0 Å². The lowest BCUT2D eigenvalue weighted by Crippen LogP contribution is -2.25. The number of ether oxygens (including phenoxy) is 1. The highest BCUT2D eigenvalue weighted by atomic mass is 16.5. The standard InChI is InChI=1S/C13H23NO3.C2H4/c1-3-12(4-2)11-17-13(16)14-9-7-5-6-8-10-15;1-2/h3-4,15H,1,5-11H2,2H3,(H,14,16);1-2H2/b12-4+;. The Hall–Kier alpha value is -1.55. The quantitative estimate of drug-likeness (QED) is 0.384. The first-order chi connectivity index (χ1) is 9.24. The predicted octanol–water partition coefficient (Wildman–Crippen LogP) is 3.20. The second-order valence-electron chi connectivity index (χ2n) is 3.71. The molecule has 4 nitrogen and oxygen atoms in total. The summed E-state index contributed by atoms with van der Waals surface area (Å²) >= 11 is 0. The molecule has 0 spiro atoms. The van der Waals surface area contributed by atoms with Crippen molar-refractivity contribution in [2.45, 2.75) is 32.6 Å². The van der Waals surface area contributed by atoms with Crippen LogP contribution in [0.2, 0.25) is 0 Å². The number of hydrogen-bond donors (Lipinski definition) is 2. The zero-order valence-corrected chi connectivity index (χ0v) is 12.0. The van der Waals surface area contributed by atoms with Gasteiger partial charge in [-0.2, -0.15) is 0 Å². The Morgan fingerprint density at radius 2 is 1.89 bits per heavy atom. The first-order valence-electron chi connectivity index (χ1n) is 6.53. The summed E-state index contributed by atoms with van der Waals surface area (Å²) in [6, 6.07) is 0. The monoisotopic (exact) mass is 269 g/mol. The number of carbonyl (C=O) groups is 1. The van der Waals surface area contributed by atoms with Gasteiger partial charge in [-0.05, 0) is 25.3 Å². The van der Waals surface area contributed by atoms with E-state index in [2.05, 4.69) is 25.1 Å². The third-order valence-corrected chi connectivity index (χ3v) is 2.36. The highest BCUT2D eigenvalue weighted by Gasteiger charge is 2.01. The Balaban J connectivity index is 0. The van der Waals surface area contributed by atoms with Crippen LogP contribution in [0.4, 0.5) is 4.79 Å². The number of aliphatic hydroxyl groups is 1. The molecule has 0 bridgehead atoms. The highest BCUT2D eigenvalue weighted by Crippen LogP contribution is 1.98. The van der Waals surface area contributed by atoms with Crippen LogP contribution in [0.1, 0.15) is 32.6 Å². The van der Waals surface area contributed by atoms with Crippen molar-refractivity contribution in [1.82, 2.24) is 5.32 Å². The lowest BCUT2D eigenvalue weighted by atomic mass is 10.2. The lowest BCUT2D eigenvalue weighted by Gasteiger charge is -2.07. The van der Waals surface area contributed by atoms with Crippen molar-refractivity contribution in [3.05, 3.63) is 37.5 Å². The van der Waals surface area contributed by atoms with Crippen LogP contribution >= 0.6 is 0 Å². The Bertz CT molecular complexity index is 262. The fourth-order valence-corrected chi connectivity index (χ4v) is 1.24. The van der Waals surface area contributed by atoms with Crippen LogP contribution in [0.3, 0.4) is 0 Å². The minimum atomic E-state index is -0.395. The van der Waals surface area contributed by atoms with E-state index in [1.165, 1.54) is 0 Å². The van der Waals surface area contributed by atoms with Gasteiger partial charge in [0, 0.05) is 13.2 Å². The van der Waals surface area contributed by atoms with E-state index in [9.17, 15) is 4.79 Å². The molecule has 2 N–H and O–H groups in total. The molecule has 110 valence electrons. The first-order valence-corrected chi connectivity index (χ1v) is 6.53. The lowest BCUT2D eigenvalue weighted by molar-refractivity contribution is 0.156. The fourth-order valence-electron chi connectivity index (χ4n) is 1.24. The zero-order valence-electron chi connectivity index (χ0n) is 12.0. The Morgan fingerprint density at radius 3 is 2.42 bits per heavy atom. The highest BCUT2D eigenvalue weighted by molar-refractivity contribution is 5.67. The Kier molecular flexibility index (Phi) is 17.1. The van der Waals surface area contributed by atoms with E-state index >= 15 is 0 Å². The molecule has 0 radical (unpaired) electrons. The largest absolute Gasteiger partial charge is 0.445 e. The van der Waals surface area contributed by atoms with E-state index in [1.54, 1.807) is 6.08 Å². The molecule has 0 aliphatic heterocycles. The van der Waals surface area contributed by atoms with Crippen molar-refractivity contribution >= 4 is 6.09 Å². The second-order valence-corrected chi connectivity index (χ2v) is 3.71. The number of carbonyl (C=O) groups excluding carboxylic acids is 1. The van der Waals surface area contributed by atoms with Crippen molar-refractivity contribution in [3.8, 4) is 0 Å². The Labute approximate surface area is 116 Å². The van der Waals surface area contributed by atoms with Gasteiger partial charge in [0.1, 0.15) is 6.61 Å². The molecule has 4 heteroatoms. The summed E-state index contributed by atoms with van der Waals surface area (Å²) in [7, 11) is 0. The Morgan fingerprint density at radius 1 is 1.26 bits per heavy atom. The number of rotatable bonds is 9. The van der Waals surface area contributed by atoms with Gasteiger partial charge in [0.25, 0.3) is 0 Å². The van der Waals surface area contributed by atoms with Crippen LogP contribution in [0.25, 0.3) is 0 Å². The number of hydrogen-bond acceptors (Lipinski definition) is 3. The molecular weight excluding hydrogens is 242 g/mol. The minimum absolute atomic E-state index is 0.239. The molecule has 0 rings (SSSR count). The topological polar surface area (TPSA) is 58.6 Å². The minimum Gasteiger partial charge on any atom is -0.445 e. The van der Waals surface area contributed by atoms with Crippen LogP contribution in [0.5, 0.6) is 0 Å². The maximum absolute atomic E-state index is 11.2. The summed E-state index contributed by atoms with van der Waals surface area (Å²) in [5, 5.41) is 11.3. The molecule has 0 aromatic rings. The van der Waals surface area contributed by atoms with E-state index in [-0.39, 0.29) is 13.2 Å². The van der Waals surface area contributed by atoms with Gasteiger partial charge < -0.3 is 15.2 Å². The number of amides is 1. The number of aliphatic hydroxyl groups excluding tert-OH is 1. The summed E-state index contributed by atoms with van der Waals surface area (Å²) in [6.45, 7) is 12.6. The molecule has 1 amide bonds. The molecule has 0 heterocycles. The van der Waals surface area contributed by atoms with Gasteiger partial charge in [0.15, 0.2) is 0 Å². The summed E-state index contributed by atoms with van der Waals surface area (Å²) in [5.41, 5.74) is 0.892. The maximum atomic E-state index is 11.2. The molecule has 0 aromatic heterocycles. The van der Waals surface area contributed by atoms with Crippen LogP contribution in [-0.2, 0) is 4.74 Å². The average molecular weight is 269 g/mol. The van der Waals surface area contributed by atoms with Gasteiger partial charge in [-0.25, -0.2) is 4.79 Å². The molecule has 0 aromatic carbocycles. The zero-order chi connectivity index (χ0) is 14.9. The number of allylic oxidation sites excluding steroid dienone is 1. The van der Waals surface area contributed by atoms with Gasteiger partial charge in [0.2, 0.25) is 0 Å². The third-order valence-electron chi connectivity index (χ3n) is 2.36. The molecule has 0 aliphatic rings. The summed E-state index contributed by atoms with van der Waals surface area (Å²) < 4.78 is 4.98. The molecule has 0 atom stereocenters. The second kappa shape index (κ2) is 16.4. The number of unbranched alkanes of at least 4 members (excludes halogenated alkanes) is 3. The van der Waals surface area contributed by atoms with Gasteiger partial charge in [-0.15, -0.1) is 13.2 Å². The third kappa shape index (κ3) is 14.4. The van der Waals surface area contributed by atoms with Crippen molar-refractivity contribution < 1.29 is 14.6 Å². The normalized spacial score (nSPS) is 10.1. The average Bonchev–Trinajstić information content (AvgIpc) is 2.46. The molecule has 0 saturated carbocycles. The molecule has 0 unspecified atom stereocenters. The molecule has 0 saturated heterocycles. The van der Waals surface area contributed by atoms with Crippen molar-refractivity contribution in [3.63, 3.8) is 0 Å². The van der Waals surface area contributed by atoms with E-state index in [4.69, 9.17) is 9.84 Å². The first kappa shape index (κ1) is 19.8. The number of nitrogens with one attached hydrogen (secondary N) is 1. The van der Waals surface area contributed by atoms with E-state index in [1.807, 2.05) is 13.0 Å². The SMILES string of the molecule is C=C.C=C/C(=C\C)COC(=O)NCCCCCCO. The molecular formula is C15H27NO3. The molecule has 0 fully saturated rings. The van der Waals surface area contributed by atoms with Gasteiger partial charge >= 0.3 is 6.09 Å². The summed E-state index contributed by atoms with van der Waals surface area (Å²) in [4.78, 5) is 11.2. The summed E-state index contributed by atoms with van der Waals surface area (Å²) in [6.07, 6.45) is 6.87.